The van der Waals surface area contributed by atoms with Gasteiger partial charge >= 0.3 is 0 Å². The summed E-state index contributed by atoms with van der Waals surface area (Å²) >= 11 is 13.2. The van der Waals surface area contributed by atoms with Crippen LogP contribution in [0, 0.1) is 6.92 Å². The van der Waals surface area contributed by atoms with E-state index in [1.807, 2.05) is 17.6 Å². The quantitative estimate of drug-likeness (QED) is 0.596. The van der Waals surface area contributed by atoms with Crippen LogP contribution in [0.5, 0.6) is 0 Å². The summed E-state index contributed by atoms with van der Waals surface area (Å²) in [6, 6.07) is 12.1. The summed E-state index contributed by atoms with van der Waals surface area (Å²) in [5.74, 6) is 1.99. The molecule has 0 N–H and O–H groups in total. The van der Waals surface area contributed by atoms with Gasteiger partial charge in [0.05, 0.1) is 21.4 Å². The van der Waals surface area contributed by atoms with Crippen LogP contribution in [-0.4, -0.2) is 20.5 Å². The highest BCUT2D eigenvalue weighted by Gasteiger charge is 2.26. The van der Waals surface area contributed by atoms with E-state index in [2.05, 4.69) is 48.3 Å². The number of rotatable bonds is 2. The van der Waals surface area contributed by atoms with Gasteiger partial charge in [-0.3, -0.25) is 9.56 Å². The summed E-state index contributed by atoms with van der Waals surface area (Å²) in [5.41, 5.74) is 4.73. The van der Waals surface area contributed by atoms with E-state index in [9.17, 15) is 0 Å². The van der Waals surface area contributed by atoms with Crippen molar-refractivity contribution in [2.75, 3.05) is 0 Å². The number of hydrogen-bond acceptors (Lipinski definition) is 3. The van der Waals surface area contributed by atoms with E-state index in [0.29, 0.717) is 22.5 Å². The van der Waals surface area contributed by atoms with Gasteiger partial charge in [-0.25, -0.2) is 0 Å². The van der Waals surface area contributed by atoms with Crippen molar-refractivity contribution in [3.8, 4) is 5.69 Å². The minimum absolute atomic E-state index is 0.420. The lowest BCUT2D eigenvalue weighted by Crippen LogP contribution is -2.10. The second kappa shape index (κ2) is 6.53. The molecule has 0 unspecified atom stereocenters. The van der Waals surface area contributed by atoms with Crippen LogP contribution < -0.4 is 0 Å². The van der Waals surface area contributed by atoms with Crippen molar-refractivity contribution in [1.82, 2.24) is 14.8 Å². The van der Waals surface area contributed by atoms with Gasteiger partial charge in [-0.1, -0.05) is 61.3 Å². The molecule has 0 fully saturated rings. The topological polar surface area (TPSA) is 43.1 Å². The Morgan fingerprint density at radius 2 is 1.65 bits per heavy atom. The number of nitrogens with zero attached hydrogens (tertiary/aromatic N) is 4. The monoisotopic (exact) mass is 384 g/mol. The second-order valence-corrected chi connectivity index (χ2v) is 7.51. The molecule has 6 heteroatoms. The predicted molar refractivity (Wildman–Crippen MR) is 106 cm³/mol. The number of aromatic nitrogens is 3. The van der Waals surface area contributed by atoms with Crippen molar-refractivity contribution < 1.29 is 0 Å². The summed E-state index contributed by atoms with van der Waals surface area (Å²) < 4.78 is 1.95. The molecule has 1 aromatic heterocycles. The van der Waals surface area contributed by atoms with Gasteiger partial charge in [0, 0.05) is 11.1 Å². The number of aliphatic imine (C=N–C) groups is 1. The lowest BCUT2D eigenvalue weighted by Gasteiger charge is -2.16. The molecule has 2 aromatic carbocycles. The normalized spacial score (nSPS) is 13.2. The third-order valence-electron chi connectivity index (χ3n) is 4.66. The SMILES string of the molecule is Cc1nnc2n1-c1c(Cl)ccc(Cl)c1C(c1ccc(C(C)C)cc1)=NC2. The Labute approximate surface area is 162 Å². The molecule has 1 aliphatic rings. The lowest BCUT2D eigenvalue weighted by molar-refractivity contribution is 0.861. The van der Waals surface area contributed by atoms with E-state index in [4.69, 9.17) is 28.2 Å². The zero-order valence-corrected chi connectivity index (χ0v) is 16.3. The van der Waals surface area contributed by atoms with Gasteiger partial charge in [0.25, 0.3) is 0 Å². The molecular formula is C20H18Cl2N4. The van der Waals surface area contributed by atoms with Crippen LogP contribution in [0.1, 0.15) is 48.1 Å². The van der Waals surface area contributed by atoms with E-state index < -0.39 is 0 Å². The third-order valence-corrected chi connectivity index (χ3v) is 5.28. The summed E-state index contributed by atoms with van der Waals surface area (Å²) in [4.78, 5) is 4.82. The first kappa shape index (κ1) is 17.3. The molecule has 0 radical (unpaired) electrons. The van der Waals surface area contributed by atoms with Crippen molar-refractivity contribution in [2.24, 2.45) is 4.99 Å². The summed E-state index contributed by atoms with van der Waals surface area (Å²) in [5, 5.41) is 9.64. The standard InChI is InChI=1S/C20H18Cl2N4/c1-11(2)13-4-6-14(7-5-13)19-18-15(21)8-9-16(22)20(18)26-12(3)24-25-17(26)10-23-19/h4-9,11H,10H2,1-3H3. The Balaban J connectivity index is 1.96. The maximum absolute atomic E-state index is 6.61. The minimum atomic E-state index is 0.420. The Morgan fingerprint density at radius 3 is 2.35 bits per heavy atom. The molecular weight excluding hydrogens is 367 g/mol. The van der Waals surface area contributed by atoms with Gasteiger partial charge in [-0.15, -0.1) is 10.2 Å². The van der Waals surface area contributed by atoms with Gasteiger partial charge < -0.3 is 0 Å². The first-order chi connectivity index (χ1) is 12.5. The molecule has 0 aliphatic carbocycles. The minimum Gasteiger partial charge on any atom is -0.279 e. The van der Waals surface area contributed by atoms with Gasteiger partial charge in [0.15, 0.2) is 5.82 Å². The zero-order chi connectivity index (χ0) is 18.4. The molecule has 2 heterocycles. The van der Waals surface area contributed by atoms with Crippen LogP contribution >= 0.6 is 23.2 Å². The molecule has 0 amide bonds. The first-order valence-corrected chi connectivity index (χ1v) is 9.27. The number of aryl methyl sites for hydroxylation is 1. The van der Waals surface area contributed by atoms with Gasteiger partial charge in [-0.05, 0) is 30.5 Å². The van der Waals surface area contributed by atoms with Crippen LogP contribution in [0.4, 0.5) is 0 Å². The number of fused-ring (bicyclic) bond motifs is 3. The van der Waals surface area contributed by atoms with Crippen LogP contribution in [0.15, 0.2) is 41.4 Å². The molecule has 4 nitrogen and oxygen atoms in total. The molecule has 4 rings (SSSR count). The molecule has 0 saturated heterocycles. The number of hydrogen-bond donors (Lipinski definition) is 0. The van der Waals surface area contributed by atoms with E-state index in [-0.39, 0.29) is 0 Å². The zero-order valence-electron chi connectivity index (χ0n) is 14.8. The van der Waals surface area contributed by atoms with Crippen molar-refractivity contribution in [1.29, 1.82) is 0 Å². The molecule has 0 atom stereocenters. The van der Waals surface area contributed by atoms with Crippen LogP contribution in [0.25, 0.3) is 5.69 Å². The second-order valence-electron chi connectivity index (χ2n) is 6.69. The molecule has 132 valence electrons. The highest BCUT2D eigenvalue weighted by molar-refractivity contribution is 6.39. The van der Waals surface area contributed by atoms with Crippen molar-refractivity contribution in [2.45, 2.75) is 33.2 Å². The average molecular weight is 385 g/mol. The summed E-state index contributed by atoms with van der Waals surface area (Å²) in [6.45, 7) is 6.68. The molecule has 0 spiro atoms. The van der Waals surface area contributed by atoms with E-state index in [1.165, 1.54) is 5.56 Å². The maximum atomic E-state index is 6.61. The van der Waals surface area contributed by atoms with Crippen LogP contribution in [0.2, 0.25) is 10.0 Å². The smallest absolute Gasteiger partial charge is 0.159 e. The van der Waals surface area contributed by atoms with Gasteiger partial charge in [0.1, 0.15) is 12.4 Å². The fraction of sp³-hybridized carbons (Fsp3) is 0.250. The molecule has 3 aromatic rings. The Bertz CT molecular complexity index is 1020. The predicted octanol–water partition coefficient (Wildman–Crippen LogP) is 5.36. The highest BCUT2D eigenvalue weighted by atomic mass is 35.5. The van der Waals surface area contributed by atoms with Crippen molar-refractivity contribution in [3.05, 3.63) is 74.8 Å². The van der Waals surface area contributed by atoms with E-state index in [1.54, 1.807) is 6.07 Å². The number of halogens is 2. The van der Waals surface area contributed by atoms with E-state index in [0.717, 1.165) is 34.2 Å². The van der Waals surface area contributed by atoms with Crippen LogP contribution in [0.3, 0.4) is 0 Å². The fourth-order valence-electron chi connectivity index (χ4n) is 3.27. The van der Waals surface area contributed by atoms with Crippen molar-refractivity contribution >= 4 is 28.9 Å². The Morgan fingerprint density at radius 1 is 0.962 bits per heavy atom. The van der Waals surface area contributed by atoms with Crippen molar-refractivity contribution in [3.63, 3.8) is 0 Å². The first-order valence-electron chi connectivity index (χ1n) is 8.51. The maximum Gasteiger partial charge on any atom is 0.159 e. The van der Waals surface area contributed by atoms with E-state index >= 15 is 0 Å². The lowest BCUT2D eigenvalue weighted by atomic mass is 9.96. The summed E-state index contributed by atoms with van der Waals surface area (Å²) in [7, 11) is 0. The molecule has 1 aliphatic heterocycles. The van der Waals surface area contributed by atoms with Gasteiger partial charge in [0.2, 0.25) is 0 Å². The Kier molecular flexibility index (Phi) is 4.33. The number of benzene rings is 2. The highest BCUT2D eigenvalue weighted by Crippen LogP contribution is 2.35. The Hall–Kier alpha value is -2.17. The molecule has 0 saturated carbocycles. The van der Waals surface area contributed by atoms with Gasteiger partial charge in [-0.2, -0.15) is 0 Å². The average Bonchev–Trinajstić information content (AvgIpc) is 2.88. The molecule has 0 bridgehead atoms. The largest absolute Gasteiger partial charge is 0.279 e. The third kappa shape index (κ3) is 2.74. The fourth-order valence-corrected chi connectivity index (χ4v) is 3.76. The molecule has 26 heavy (non-hydrogen) atoms. The van der Waals surface area contributed by atoms with Crippen LogP contribution in [-0.2, 0) is 6.54 Å². The summed E-state index contributed by atoms with van der Waals surface area (Å²) in [6.07, 6.45) is 0.